The van der Waals surface area contributed by atoms with E-state index in [4.69, 9.17) is 14.2 Å². The Morgan fingerprint density at radius 2 is 0.917 bits per heavy atom. The second kappa shape index (κ2) is 43.5. The van der Waals surface area contributed by atoms with Crippen molar-refractivity contribution in [3.63, 3.8) is 0 Å². The number of likely N-dealkylation sites (N-methyl/N-ethyl adjacent to an activating group) is 1. The standard InChI is InChI=1S/C52H97NO7/c1-6-8-10-12-14-16-18-20-21-22-23-24-25-26-27-28-29-31-32-34-36-38-40-42-50(54)59-47-48(46-58-45-44-49(52(56)57)53(3,4)5)60-51(55)43-41-39-37-35-33-30-19-17-15-13-11-9-7-2/h11,13,17,19,48-49H,6-10,12,14-16,18,20-47H2,1-5H3/b13-11-,19-17-. The first-order chi connectivity index (χ1) is 29.1. The molecular formula is C52H97NO7. The molecule has 0 aliphatic rings. The van der Waals surface area contributed by atoms with Crippen LogP contribution in [0.25, 0.3) is 0 Å². The average Bonchev–Trinajstić information content (AvgIpc) is 3.21. The Morgan fingerprint density at radius 1 is 0.500 bits per heavy atom. The van der Waals surface area contributed by atoms with Gasteiger partial charge in [-0.1, -0.05) is 205 Å². The fraction of sp³-hybridized carbons (Fsp3) is 0.865. The monoisotopic (exact) mass is 848 g/mol. The smallest absolute Gasteiger partial charge is 0.306 e. The van der Waals surface area contributed by atoms with Crippen LogP contribution in [0.5, 0.6) is 0 Å². The van der Waals surface area contributed by atoms with E-state index in [1.54, 1.807) is 21.1 Å². The highest BCUT2D eigenvalue weighted by Gasteiger charge is 2.25. The van der Waals surface area contributed by atoms with Crippen LogP contribution in [0.1, 0.15) is 239 Å². The summed E-state index contributed by atoms with van der Waals surface area (Å²) in [6.45, 7) is 4.62. The van der Waals surface area contributed by atoms with E-state index in [0.717, 1.165) is 70.6 Å². The van der Waals surface area contributed by atoms with Gasteiger partial charge in [-0.25, -0.2) is 0 Å². The van der Waals surface area contributed by atoms with E-state index in [1.807, 2.05) is 0 Å². The van der Waals surface area contributed by atoms with Crippen LogP contribution in [0.4, 0.5) is 0 Å². The van der Waals surface area contributed by atoms with Gasteiger partial charge >= 0.3 is 11.9 Å². The van der Waals surface area contributed by atoms with Crippen molar-refractivity contribution in [3.05, 3.63) is 24.3 Å². The highest BCUT2D eigenvalue weighted by atomic mass is 16.6. The number of quaternary nitrogens is 1. The molecule has 0 radical (unpaired) electrons. The third-order valence-corrected chi connectivity index (χ3v) is 11.6. The average molecular weight is 848 g/mol. The van der Waals surface area contributed by atoms with Gasteiger partial charge in [0, 0.05) is 19.3 Å². The van der Waals surface area contributed by atoms with Gasteiger partial charge in [-0.2, -0.15) is 0 Å². The van der Waals surface area contributed by atoms with Gasteiger partial charge in [0.2, 0.25) is 0 Å². The van der Waals surface area contributed by atoms with E-state index in [1.165, 1.54) is 135 Å². The maximum atomic E-state index is 12.7. The van der Waals surface area contributed by atoms with E-state index in [0.29, 0.717) is 12.8 Å². The molecule has 0 aromatic heterocycles. The van der Waals surface area contributed by atoms with Crippen molar-refractivity contribution >= 4 is 17.9 Å². The lowest BCUT2D eigenvalue weighted by molar-refractivity contribution is -0.889. The SMILES string of the molecule is CCC/C=C\C/C=C\CCCCCCCC(=O)OC(COCCC(C(=O)[O-])[N+](C)(C)C)COC(=O)CCCCCCCCCCCCCCCCCCCCCCCCC. The lowest BCUT2D eigenvalue weighted by Crippen LogP contribution is -2.55. The lowest BCUT2D eigenvalue weighted by Gasteiger charge is -2.34. The van der Waals surface area contributed by atoms with Crippen molar-refractivity contribution in [2.45, 2.75) is 251 Å². The Bertz CT molecular complexity index is 1040. The number of hydrogen-bond acceptors (Lipinski definition) is 7. The quantitative estimate of drug-likeness (QED) is 0.0260. The van der Waals surface area contributed by atoms with Gasteiger partial charge in [0.05, 0.1) is 40.3 Å². The third-order valence-electron chi connectivity index (χ3n) is 11.6. The fourth-order valence-electron chi connectivity index (χ4n) is 7.64. The number of nitrogens with zero attached hydrogens (tertiary/aromatic N) is 1. The van der Waals surface area contributed by atoms with Crippen molar-refractivity contribution in [2.24, 2.45) is 0 Å². The van der Waals surface area contributed by atoms with Gasteiger partial charge in [-0.15, -0.1) is 0 Å². The second-order valence-electron chi connectivity index (χ2n) is 18.4. The van der Waals surface area contributed by atoms with E-state index in [2.05, 4.69) is 38.2 Å². The summed E-state index contributed by atoms with van der Waals surface area (Å²) in [5.74, 6) is -1.74. The van der Waals surface area contributed by atoms with E-state index in [-0.39, 0.29) is 42.7 Å². The van der Waals surface area contributed by atoms with Gasteiger partial charge in [0.25, 0.3) is 0 Å². The fourth-order valence-corrected chi connectivity index (χ4v) is 7.64. The zero-order valence-electron chi connectivity index (χ0n) is 40.1. The Morgan fingerprint density at radius 3 is 1.35 bits per heavy atom. The van der Waals surface area contributed by atoms with Crippen LogP contribution in [-0.4, -0.2) is 75.5 Å². The minimum atomic E-state index is -1.12. The predicted molar refractivity (Wildman–Crippen MR) is 250 cm³/mol. The number of unbranched alkanes of at least 4 members (excludes halogenated alkanes) is 28. The molecule has 0 aromatic rings. The summed E-state index contributed by atoms with van der Waals surface area (Å²) in [4.78, 5) is 36.9. The van der Waals surface area contributed by atoms with Crippen molar-refractivity contribution in [1.82, 2.24) is 0 Å². The molecule has 0 saturated carbocycles. The molecule has 0 aromatic carbocycles. The van der Waals surface area contributed by atoms with Gasteiger partial charge in [0.15, 0.2) is 6.10 Å². The largest absolute Gasteiger partial charge is 0.544 e. The van der Waals surface area contributed by atoms with Crippen LogP contribution < -0.4 is 5.11 Å². The van der Waals surface area contributed by atoms with Crippen LogP contribution in [-0.2, 0) is 28.6 Å². The normalized spacial score (nSPS) is 13.0. The molecule has 0 aliphatic carbocycles. The molecule has 0 heterocycles. The van der Waals surface area contributed by atoms with Crippen LogP contribution in [0.2, 0.25) is 0 Å². The van der Waals surface area contributed by atoms with Gasteiger partial charge < -0.3 is 28.6 Å². The van der Waals surface area contributed by atoms with E-state index >= 15 is 0 Å². The predicted octanol–water partition coefficient (Wildman–Crippen LogP) is 13.1. The van der Waals surface area contributed by atoms with Crippen molar-refractivity contribution < 1.29 is 38.2 Å². The number of carboxylic acids is 1. The van der Waals surface area contributed by atoms with E-state index in [9.17, 15) is 19.5 Å². The molecule has 60 heavy (non-hydrogen) atoms. The third kappa shape index (κ3) is 41.2. The number of carboxylic acid groups (broad SMARTS) is 1. The first-order valence-corrected chi connectivity index (χ1v) is 25.4. The van der Waals surface area contributed by atoms with Crippen LogP contribution in [0, 0.1) is 0 Å². The molecule has 0 spiro atoms. The Balaban J connectivity index is 4.14. The Hall–Kier alpha value is -2.19. The highest BCUT2D eigenvalue weighted by Crippen LogP contribution is 2.17. The zero-order valence-corrected chi connectivity index (χ0v) is 40.1. The topological polar surface area (TPSA) is 102 Å². The number of aliphatic carboxylic acids is 1. The molecule has 0 aliphatic heterocycles. The van der Waals surface area contributed by atoms with Crippen LogP contribution >= 0.6 is 0 Å². The molecule has 0 rings (SSSR count). The number of ether oxygens (including phenoxy) is 3. The van der Waals surface area contributed by atoms with Crippen LogP contribution in [0.3, 0.4) is 0 Å². The second-order valence-corrected chi connectivity index (χ2v) is 18.4. The summed E-state index contributed by atoms with van der Waals surface area (Å²) in [6.07, 6.45) is 49.3. The van der Waals surface area contributed by atoms with Crippen molar-refractivity contribution in [2.75, 3.05) is 41.0 Å². The molecule has 2 unspecified atom stereocenters. The summed E-state index contributed by atoms with van der Waals surface area (Å²) in [5, 5.41) is 11.6. The first-order valence-electron chi connectivity index (χ1n) is 25.4. The molecule has 0 bridgehead atoms. The minimum Gasteiger partial charge on any atom is -0.544 e. The molecule has 0 amide bonds. The molecule has 0 fully saturated rings. The molecule has 0 saturated heterocycles. The molecule has 2 atom stereocenters. The summed E-state index contributed by atoms with van der Waals surface area (Å²) < 4.78 is 17.2. The zero-order chi connectivity index (χ0) is 44.2. The maximum absolute atomic E-state index is 12.7. The van der Waals surface area contributed by atoms with Crippen LogP contribution in [0.15, 0.2) is 24.3 Å². The molecule has 8 nitrogen and oxygen atoms in total. The van der Waals surface area contributed by atoms with Crippen molar-refractivity contribution in [3.8, 4) is 0 Å². The molecular weight excluding hydrogens is 751 g/mol. The number of rotatable bonds is 46. The van der Waals surface area contributed by atoms with Crippen molar-refractivity contribution in [1.29, 1.82) is 0 Å². The summed E-state index contributed by atoms with van der Waals surface area (Å²) in [7, 11) is 5.41. The molecule has 0 N–H and O–H groups in total. The lowest BCUT2D eigenvalue weighted by atomic mass is 10.0. The number of hydrogen-bond donors (Lipinski definition) is 0. The summed E-state index contributed by atoms with van der Waals surface area (Å²) in [5.41, 5.74) is 0. The minimum absolute atomic E-state index is 0.0390. The number of allylic oxidation sites excluding steroid dienone is 4. The molecule has 352 valence electrons. The summed E-state index contributed by atoms with van der Waals surface area (Å²) in [6, 6.07) is -0.726. The highest BCUT2D eigenvalue weighted by molar-refractivity contribution is 5.70. The Labute approximate surface area is 371 Å². The summed E-state index contributed by atoms with van der Waals surface area (Å²) >= 11 is 0. The number of carbonyl (C=O) groups excluding carboxylic acids is 3. The van der Waals surface area contributed by atoms with Gasteiger partial charge in [0.1, 0.15) is 12.6 Å². The Kier molecular flexibility index (Phi) is 41.9. The first kappa shape index (κ1) is 57.8. The number of carbonyl (C=O) groups is 3. The van der Waals surface area contributed by atoms with E-state index < -0.39 is 18.1 Å². The number of esters is 2. The molecule has 8 heteroatoms. The maximum Gasteiger partial charge on any atom is 0.306 e. The van der Waals surface area contributed by atoms with Gasteiger partial charge in [-0.05, 0) is 38.5 Å². The van der Waals surface area contributed by atoms with Gasteiger partial charge in [-0.3, -0.25) is 9.59 Å².